The van der Waals surface area contributed by atoms with Crippen molar-refractivity contribution >= 4 is 12.1 Å². The van der Waals surface area contributed by atoms with Gasteiger partial charge < -0.3 is 8.83 Å². The molecule has 1 N–H and O–H groups in total. The van der Waals surface area contributed by atoms with E-state index < -0.39 is 11.7 Å². The Bertz CT molecular complexity index is 1010. The van der Waals surface area contributed by atoms with E-state index in [-0.39, 0.29) is 17.3 Å². The van der Waals surface area contributed by atoms with Crippen molar-refractivity contribution in [2.45, 2.75) is 19.5 Å². The normalized spacial score (nSPS) is 11.7. The van der Waals surface area contributed by atoms with Crippen molar-refractivity contribution in [3.8, 4) is 17.4 Å². The van der Waals surface area contributed by atoms with E-state index in [4.69, 9.17) is 14.1 Å². The Balaban J connectivity index is 1.74. The van der Waals surface area contributed by atoms with E-state index in [0.29, 0.717) is 23.6 Å². The zero-order valence-corrected chi connectivity index (χ0v) is 14.0. The lowest BCUT2D eigenvalue weighted by molar-refractivity contribution is -0.137. The average molecular weight is 374 g/mol. The van der Waals surface area contributed by atoms with Crippen molar-refractivity contribution in [2.24, 2.45) is 5.10 Å². The van der Waals surface area contributed by atoms with Crippen molar-refractivity contribution in [1.29, 1.82) is 5.26 Å². The first kappa shape index (κ1) is 18.3. The quantitative estimate of drug-likeness (QED) is 0.510. The van der Waals surface area contributed by atoms with Crippen LogP contribution in [-0.2, 0) is 12.6 Å². The summed E-state index contributed by atoms with van der Waals surface area (Å²) in [6, 6.07) is 9.83. The SMILES string of the molecule is CCc1nc(C#N)c(N/N=C/c2ccc(-c3cccc(C(F)(F)F)c3)o2)o1. The van der Waals surface area contributed by atoms with Crippen LogP contribution in [0.25, 0.3) is 11.3 Å². The summed E-state index contributed by atoms with van der Waals surface area (Å²) in [7, 11) is 0. The van der Waals surface area contributed by atoms with E-state index in [1.165, 1.54) is 18.3 Å². The van der Waals surface area contributed by atoms with Gasteiger partial charge >= 0.3 is 6.18 Å². The molecule has 2 heterocycles. The number of aryl methyl sites for hydroxylation is 1. The number of alkyl halides is 3. The van der Waals surface area contributed by atoms with Crippen LogP contribution in [0, 0.1) is 11.3 Å². The monoisotopic (exact) mass is 374 g/mol. The van der Waals surface area contributed by atoms with Crippen LogP contribution in [0.1, 0.15) is 29.8 Å². The summed E-state index contributed by atoms with van der Waals surface area (Å²) in [4.78, 5) is 3.97. The molecule has 1 aromatic carbocycles. The van der Waals surface area contributed by atoms with Crippen molar-refractivity contribution < 1.29 is 22.0 Å². The van der Waals surface area contributed by atoms with Gasteiger partial charge in [0.2, 0.25) is 5.69 Å². The second kappa shape index (κ2) is 7.37. The lowest BCUT2D eigenvalue weighted by Crippen LogP contribution is -2.04. The van der Waals surface area contributed by atoms with Gasteiger partial charge in [-0.2, -0.15) is 23.5 Å². The Morgan fingerprint density at radius 2 is 2.07 bits per heavy atom. The highest BCUT2D eigenvalue weighted by Gasteiger charge is 2.30. The van der Waals surface area contributed by atoms with Crippen LogP contribution in [0.2, 0.25) is 0 Å². The lowest BCUT2D eigenvalue weighted by Gasteiger charge is -2.07. The molecule has 6 nitrogen and oxygen atoms in total. The largest absolute Gasteiger partial charge is 0.455 e. The summed E-state index contributed by atoms with van der Waals surface area (Å²) in [5.41, 5.74) is 2.17. The second-order valence-corrected chi connectivity index (χ2v) is 5.40. The number of furan rings is 1. The summed E-state index contributed by atoms with van der Waals surface area (Å²) in [6.45, 7) is 1.83. The minimum atomic E-state index is -4.43. The third kappa shape index (κ3) is 4.17. The fourth-order valence-corrected chi connectivity index (χ4v) is 2.25. The standard InChI is InChI=1S/C18H13F3N4O2/c1-2-16-24-14(9-22)17(27-16)25-23-10-13-6-7-15(26-13)11-4-3-5-12(8-11)18(19,20)21/h3-8,10,25H,2H2,1H3/b23-10+. The van der Waals surface area contributed by atoms with E-state index in [9.17, 15) is 13.2 Å². The molecule has 0 radical (unpaired) electrons. The number of nitrogens with one attached hydrogen (secondary N) is 1. The number of nitrogens with zero attached hydrogens (tertiary/aromatic N) is 3. The molecule has 0 atom stereocenters. The molecule has 0 saturated carbocycles. The molecule has 0 aliphatic heterocycles. The molecule has 138 valence electrons. The highest BCUT2D eigenvalue weighted by atomic mass is 19.4. The van der Waals surface area contributed by atoms with Gasteiger partial charge in [0.05, 0.1) is 11.8 Å². The molecule has 0 unspecified atom stereocenters. The maximum atomic E-state index is 12.8. The van der Waals surface area contributed by atoms with Gasteiger partial charge in [0.25, 0.3) is 5.88 Å². The molecule has 0 aliphatic carbocycles. The summed E-state index contributed by atoms with van der Waals surface area (Å²) >= 11 is 0. The van der Waals surface area contributed by atoms with E-state index in [2.05, 4.69) is 15.5 Å². The highest BCUT2D eigenvalue weighted by molar-refractivity contribution is 5.78. The van der Waals surface area contributed by atoms with Crippen molar-refractivity contribution in [3.63, 3.8) is 0 Å². The fourth-order valence-electron chi connectivity index (χ4n) is 2.25. The lowest BCUT2D eigenvalue weighted by atomic mass is 10.1. The molecule has 0 aliphatic rings. The maximum absolute atomic E-state index is 12.8. The van der Waals surface area contributed by atoms with Crippen LogP contribution >= 0.6 is 0 Å². The molecular formula is C18H13F3N4O2. The molecule has 0 saturated heterocycles. The van der Waals surface area contributed by atoms with Crippen molar-refractivity contribution in [2.75, 3.05) is 5.43 Å². The van der Waals surface area contributed by atoms with Crippen LogP contribution in [0.4, 0.5) is 19.1 Å². The number of halogens is 3. The topological polar surface area (TPSA) is 87.4 Å². The van der Waals surface area contributed by atoms with Gasteiger partial charge in [-0.25, -0.2) is 10.4 Å². The van der Waals surface area contributed by atoms with Gasteiger partial charge in [-0.15, -0.1) is 0 Å². The molecule has 0 amide bonds. The van der Waals surface area contributed by atoms with E-state index in [0.717, 1.165) is 12.1 Å². The molecule has 3 rings (SSSR count). The highest BCUT2D eigenvalue weighted by Crippen LogP contribution is 2.32. The maximum Gasteiger partial charge on any atom is 0.416 e. The van der Waals surface area contributed by atoms with Gasteiger partial charge in [0.15, 0.2) is 5.89 Å². The van der Waals surface area contributed by atoms with Gasteiger partial charge in [0.1, 0.15) is 17.6 Å². The van der Waals surface area contributed by atoms with Crippen molar-refractivity contribution in [1.82, 2.24) is 4.98 Å². The van der Waals surface area contributed by atoms with Crippen LogP contribution in [0.15, 0.2) is 50.3 Å². The summed E-state index contributed by atoms with van der Waals surface area (Å²) in [5.74, 6) is 1.08. The van der Waals surface area contributed by atoms with E-state index in [1.54, 1.807) is 12.1 Å². The van der Waals surface area contributed by atoms with Crippen LogP contribution in [0.5, 0.6) is 0 Å². The van der Waals surface area contributed by atoms with Gasteiger partial charge in [-0.05, 0) is 24.3 Å². The number of hydrogen-bond donors (Lipinski definition) is 1. The zero-order valence-electron chi connectivity index (χ0n) is 14.0. The van der Waals surface area contributed by atoms with E-state index >= 15 is 0 Å². The van der Waals surface area contributed by atoms with Crippen LogP contribution in [0.3, 0.4) is 0 Å². The minimum Gasteiger partial charge on any atom is -0.455 e. The predicted molar refractivity (Wildman–Crippen MR) is 91.0 cm³/mol. The number of nitriles is 1. The average Bonchev–Trinajstić information content (AvgIpc) is 3.28. The summed E-state index contributed by atoms with van der Waals surface area (Å²) < 4.78 is 49.2. The number of benzene rings is 1. The summed E-state index contributed by atoms with van der Waals surface area (Å²) in [6.07, 6.45) is -2.59. The third-order valence-electron chi connectivity index (χ3n) is 3.54. The molecule has 2 aromatic heterocycles. The fraction of sp³-hybridized carbons (Fsp3) is 0.167. The number of rotatable bonds is 5. The van der Waals surface area contributed by atoms with Gasteiger partial charge in [-0.3, -0.25) is 0 Å². The number of hydrazone groups is 1. The molecule has 0 fully saturated rings. The Kier molecular flexibility index (Phi) is 4.98. The molecule has 27 heavy (non-hydrogen) atoms. The van der Waals surface area contributed by atoms with Crippen LogP contribution < -0.4 is 5.43 Å². The van der Waals surface area contributed by atoms with Gasteiger partial charge in [-0.1, -0.05) is 19.1 Å². The second-order valence-electron chi connectivity index (χ2n) is 5.40. The molecule has 0 spiro atoms. The van der Waals surface area contributed by atoms with Crippen molar-refractivity contribution in [3.05, 3.63) is 59.3 Å². The first-order valence-electron chi connectivity index (χ1n) is 7.87. The Morgan fingerprint density at radius 1 is 1.26 bits per heavy atom. The molecule has 9 heteroatoms. The number of anilines is 1. The molecule has 0 bridgehead atoms. The van der Waals surface area contributed by atoms with E-state index in [1.807, 2.05) is 13.0 Å². The smallest absolute Gasteiger partial charge is 0.416 e. The first-order valence-corrected chi connectivity index (χ1v) is 7.87. The molecular weight excluding hydrogens is 361 g/mol. The predicted octanol–water partition coefficient (Wildman–Crippen LogP) is 4.83. The minimum absolute atomic E-state index is 0.0769. The Hall–Kier alpha value is -3.54. The molecule has 3 aromatic rings. The number of aromatic nitrogens is 1. The Morgan fingerprint density at radius 3 is 2.78 bits per heavy atom. The van der Waals surface area contributed by atoms with Gasteiger partial charge in [0, 0.05) is 12.0 Å². The zero-order chi connectivity index (χ0) is 19.4. The number of hydrogen-bond acceptors (Lipinski definition) is 6. The Labute approximate surface area is 151 Å². The first-order chi connectivity index (χ1) is 12.9. The summed E-state index contributed by atoms with van der Waals surface area (Å²) in [5, 5.41) is 12.9. The third-order valence-corrected chi connectivity index (χ3v) is 3.54. The van der Waals surface area contributed by atoms with Crippen LogP contribution in [-0.4, -0.2) is 11.2 Å². The number of oxazole rings is 1.